The summed E-state index contributed by atoms with van der Waals surface area (Å²) in [5, 5.41) is 20.8. The van der Waals surface area contributed by atoms with E-state index in [1.165, 1.54) is 25.3 Å². The van der Waals surface area contributed by atoms with Gasteiger partial charge in [-0.1, -0.05) is 6.08 Å². The van der Waals surface area contributed by atoms with Crippen molar-refractivity contribution in [3.63, 3.8) is 0 Å². The minimum Gasteiger partial charge on any atom is -0.507 e. The van der Waals surface area contributed by atoms with Crippen LogP contribution in [0.4, 0.5) is 0 Å². The smallest absolute Gasteiger partial charge is 0.344 e. The lowest BCUT2D eigenvalue weighted by Crippen LogP contribution is -2.14. The first kappa shape index (κ1) is 21.8. The van der Waals surface area contributed by atoms with E-state index in [1.54, 1.807) is 25.1 Å². The first-order valence-corrected chi connectivity index (χ1v) is 9.49. The van der Waals surface area contributed by atoms with Crippen LogP contribution in [0.5, 0.6) is 23.0 Å². The molecule has 0 amide bonds. The van der Waals surface area contributed by atoms with Gasteiger partial charge >= 0.3 is 5.97 Å². The third-order valence-corrected chi connectivity index (χ3v) is 4.52. The molecule has 0 atom stereocenters. The van der Waals surface area contributed by atoms with Crippen LogP contribution in [-0.4, -0.2) is 36.5 Å². The highest BCUT2D eigenvalue weighted by atomic mass is 16.6. The fourth-order valence-corrected chi connectivity index (χ4v) is 3.17. The van der Waals surface area contributed by atoms with Gasteiger partial charge in [0.15, 0.2) is 23.5 Å². The van der Waals surface area contributed by atoms with E-state index in [0.717, 1.165) is 0 Å². The molecule has 0 aliphatic heterocycles. The average Bonchev–Trinajstić information content (AvgIpc) is 2.73. The van der Waals surface area contributed by atoms with E-state index in [0.29, 0.717) is 17.5 Å². The number of ether oxygens (including phenoxy) is 3. The number of methoxy groups -OCH3 is 1. The molecule has 0 spiro atoms. The van der Waals surface area contributed by atoms with Gasteiger partial charge in [-0.05, 0) is 25.5 Å². The van der Waals surface area contributed by atoms with Crippen LogP contribution in [0.2, 0.25) is 0 Å². The maximum absolute atomic E-state index is 12.7. The van der Waals surface area contributed by atoms with Crippen molar-refractivity contribution in [2.45, 2.75) is 13.3 Å². The molecule has 0 radical (unpaired) electrons. The van der Waals surface area contributed by atoms with Gasteiger partial charge in [0.1, 0.15) is 28.2 Å². The molecule has 8 nitrogen and oxygen atoms in total. The Morgan fingerprint density at radius 3 is 2.68 bits per heavy atom. The zero-order valence-corrected chi connectivity index (χ0v) is 17.1. The van der Waals surface area contributed by atoms with Gasteiger partial charge in [0.25, 0.3) is 0 Å². The zero-order chi connectivity index (χ0) is 22.5. The summed E-state index contributed by atoms with van der Waals surface area (Å²) in [5.41, 5.74) is 0.511. The van der Waals surface area contributed by atoms with Gasteiger partial charge in [-0.15, -0.1) is 6.58 Å². The van der Waals surface area contributed by atoms with E-state index in [-0.39, 0.29) is 52.9 Å². The molecule has 0 unspecified atom stereocenters. The Morgan fingerprint density at radius 1 is 1.23 bits per heavy atom. The second-order valence-electron chi connectivity index (χ2n) is 6.52. The second kappa shape index (κ2) is 9.25. The number of carbonyl (C=O) groups is 1. The van der Waals surface area contributed by atoms with E-state index in [4.69, 9.17) is 18.6 Å². The van der Waals surface area contributed by atoms with Crippen molar-refractivity contribution in [3.05, 3.63) is 58.8 Å². The number of allylic oxidation sites excluding steroid dienone is 1. The van der Waals surface area contributed by atoms with Crippen molar-refractivity contribution in [1.82, 2.24) is 0 Å². The first-order chi connectivity index (χ1) is 14.9. The van der Waals surface area contributed by atoms with Crippen LogP contribution in [-0.2, 0) is 16.0 Å². The molecule has 1 aromatic heterocycles. The third-order valence-electron chi connectivity index (χ3n) is 4.52. The number of carbonyl (C=O) groups excluding carboxylic acids is 1. The van der Waals surface area contributed by atoms with Crippen molar-refractivity contribution in [2.75, 3.05) is 20.3 Å². The van der Waals surface area contributed by atoms with Crippen molar-refractivity contribution in [3.8, 4) is 34.3 Å². The molecule has 8 heteroatoms. The number of phenols is 2. The lowest BCUT2D eigenvalue weighted by molar-refractivity contribution is -0.145. The number of rotatable bonds is 8. The van der Waals surface area contributed by atoms with Crippen molar-refractivity contribution in [2.24, 2.45) is 0 Å². The molecule has 0 saturated heterocycles. The molecule has 2 aromatic carbocycles. The van der Waals surface area contributed by atoms with Gasteiger partial charge in [0.05, 0.1) is 13.7 Å². The summed E-state index contributed by atoms with van der Waals surface area (Å²) < 4.78 is 21.2. The van der Waals surface area contributed by atoms with Gasteiger partial charge in [-0.25, -0.2) is 4.79 Å². The van der Waals surface area contributed by atoms with Gasteiger partial charge in [0, 0.05) is 29.3 Å². The van der Waals surface area contributed by atoms with Gasteiger partial charge in [-0.2, -0.15) is 0 Å². The summed E-state index contributed by atoms with van der Waals surface area (Å²) in [4.78, 5) is 24.2. The highest BCUT2D eigenvalue weighted by molar-refractivity contribution is 5.86. The Hall–Kier alpha value is -3.94. The van der Waals surface area contributed by atoms with Crippen molar-refractivity contribution < 1.29 is 33.6 Å². The van der Waals surface area contributed by atoms with E-state index >= 15 is 0 Å². The predicted octanol–water partition coefficient (Wildman–Crippen LogP) is 3.55. The molecule has 0 aliphatic rings. The minimum atomic E-state index is -0.569. The highest BCUT2D eigenvalue weighted by Gasteiger charge is 2.18. The number of esters is 1. The molecule has 162 valence electrons. The van der Waals surface area contributed by atoms with Gasteiger partial charge in [-0.3, -0.25) is 4.79 Å². The molecular formula is C23H22O8. The van der Waals surface area contributed by atoms with Crippen LogP contribution in [0, 0.1) is 0 Å². The van der Waals surface area contributed by atoms with E-state index < -0.39 is 11.4 Å². The Kier molecular flexibility index (Phi) is 6.49. The summed E-state index contributed by atoms with van der Waals surface area (Å²) in [5.74, 6) is -0.426. The number of fused-ring (bicyclic) bond motifs is 1. The number of aromatic hydroxyl groups is 2. The summed E-state index contributed by atoms with van der Waals surface area (Å²) in [6.07, 6.45) is 1.90. The van der Waals surface area contributed by atoms with E-state index in [1.807, 2.05) is 0 Å². The number of hydrogen-bond acceptors (Lipinski definition) is 8. The van der Waals surface area contributed by atoms with Crippen LogP contribution < -0.4 is 14.9 Å². The summed E-state index contributed by atoms with van der Waals surface area (Å²) in [6, 6.07) is 7.06. The van der Waals surface area contributed by atoms with Crippen LogP contribution in [0.3, 0.4) is 0 Å². The molecule has 1 heterocycles. The topological polar surface area (TPSA) is 115 Å². The molecule has 31 heavy (non-hydrogen) atoms. The van der Waals surface area contributed by atoms with Gasteiger partial charge in [0.2, 0.25) is 0 Å². The van der Waals surface area contributed by atoms with Crippen LogP contribution >= 0.6 is 0 Å². The Morgan fingerprint density at radius 2 is 2.00 bits per heavy atom. The largest absolute Gasteiger partial charge is 0.507 e. The molecule has 3 rings (SSSR count). The number of phenolic OH excluding ortho intramolecular Hbond substituents is 2. The Balaban J connectivity index is 2.11. The lowest BCUT2D eigenvalue weighted by Gasteiger charge is -2.13. The Labute approximate surface area is 177 Å². The fourth-order valence-electron chi connectivity index (χ4n) is 3.17. The number of benzene rings is 2. The SMILES string of the molecule is C=CCc1c(-c2cc(=O)c3c(O)cc(OCC(=O)OCC)cc3o2)ccc(OC)c1O. The molecule has 0 aliphatic carbocycles. The molecule has 0 bridgehead atoms. The molecule has 2 N–H and O–H groups in total. The van der Waals surface area contributed by atoms with Crippen molar-refractivity contribution in [1.29, 1.82) is 0 Å². The molecular weight excluding hydrogens is 404 g/mol. The number of hydrogen-bond donors (Lipinski definition) is 2. The highest BCUT2D eigenvalue weighted by Crippen LogP contribution is 2.39. The third kappa shape index (κ3) is 4.48. The fraction of sp³-hybridized carbons (Fsp3) is 0.217. The average molecular weight is 426 g/mol. The first-order valence-electron chi connectivity index (χ1n) is 9.49. The van der Waals surface area contributed by atoms with Crippen molar-refractivity contribution >= 4 is 16.9 Å². The quantitative estimate of drug-likeness (QED) is 0.415. The monoisotopic (exact) mass is 426 g/mol. The Bertz CT molecular complexity index is 1190. The van der Waals surface area contributed by atoms with Crippen LogP contribution in [0.1, 0.15) is 12.5 Å². The summed E-state index contributed by atoms with van der Waals surface area (Å²) in [7, 11) is 1.43. The molecule has 0 saturated carbocycles. The normalized spacial score (nSPS) is 10.6. The second-order valence-corrected chi connectivity index (χ2v) is 6.52. The predicted molar refractivity (Wildman–Crippen MR) is 114 cm³/mol. The van der Waals surface area contributed by atoms with Crippen LogP contribution in [0.25, 0.3) is 22.3 Å². The van der Waals surface area contributed by atoms with E-state index in [2.05, 4.69) is 6.58 Å². The maximum Gasteiger partial charge on any atom is 0.344 e. The zero-order valence-electron chi connectivity index (χ0n) is 17.1. The van der Waals surface area contributed by atoms with Gasteiger partial charge < -0.3 is 28.8 Å². The molecule has 3 aromatic rings. The summed E-state index contributed by atoms with van der Waals surface area (Å²) in [6.45, 7) is 5.22. The summed E-state index contributed by atoms with van der Waals surface area (Å²) >= 11 is 0. The lowest BCUT2D eigenvalue weighted by atomic mass is 9.99. The van der Waals surface area contributed by atoms with Crippen LogP contribution in [0.15, 0.2) is 52.2 Å². The maximum atomic E-state index is 12.7. The minimum absolute atomic E-state index is 0.0322. The molecule has 0 fully saturated rings. The standard InChI is InChI=1S/C23H22O8/c1-4-6-15-14(7-8-18(28-3)23(15)27)19-11-17(25)22-16(24)9-13(10-20(22)31-19)30-12-21(26)29-5-2/h4,7-11,24,27H,1,5-6,12H2,2-3H3. The van der Waals surface area contributed by atoms with E-state index in [9.17, 15) is 19.8 Å².